The highest BCUT2D eigenvalue weighted by atomic mass is 16.4. The molecule has 28 heavy (non-hydrogen) atoms. The van der Waals surface area contributed by atoms with Crippen molar-refractivity contribution in [1.82, 2.24) is 30.4 Å². The highest BCUT2D eigenvalue weighted by Gasteiger charge is 2.36. The van der Waals surface area contributed by atoms with Crippen LogP contribution in [0.1, 0.15) is 37.2 Å². The summed E-state index contributed by atoms with van der Waals surface area (Å²) < 4.78 is 1.56. The van der Waals surface area contributed by atoms with Crippen LogP contribution in [0.2, 0.25) is 0 Å². The zero-order valence-electron chi connectivity index (χ0n) is 16.2. The number of tetrazole rings is 1. The molecule has 1 saturated carbocycles. The van der Waals surface area contributed by atoms with Gasteiger partial charge in [0.1, 0.15) is 11.9 Å². The molecule has 1 aliphatic carbocycles. The molecule has 0 spiro atoms. The second kappa shape index (κ2) is 8.92. The van der Waals surface area contributed by atoms with Crippen LogP contribution in [0.25, 0.3) is 0 Å². The number of aryl methyl sites for hydroxylation is 1. The summed E-state index contributed by atoms with van der Waals surface area (Å²) in [6, 6.07) is 9.46. The average molecular weight is 386 g/mol. The van der Waals surface area contributed by atoms with Crippen molar-refractivity contribution in [3.8, 4) is 0 Å². The van der Waals surface area contributed by atoms with Crippen LogP contribution in [-0.2, 0) is 16.0 Å². The third-order valence-electron chi connectivity index (χ3n) is 5.25. The highest BCUT2D eigenvalue weighted by molar-refractivity contribution is 5.81. The molecule has 1 atom stereocenters. The van der Waals surface area contributed by atoms with Crippen LogP contribution in [0, 0.1) is 6.92 Å². The molecular formula is C19H26N6O3. The minimum Gasteiger partial charge on any atom is -0.480 e. The van der Waals surface area contributed by atoms with Gasteiger partial charge in [-0.3, -0.25) is 14.5 Å². The molecule has 0 saturated heterocycles. The second-order valence-electron chi connectivity index (χ2n) is 7.16. The quantitative estimate of drug-likeness (QED) is 0.656. The number of carbonyl (C=O) groups excluding carboxylic acids is 1. The van der Waals surface area contributed by atoms with Crippen LogP contribution in [0.15, 0.2) is 30.3 Å². The number of amides is 1. The molecule has 3 rings (SSSR count). The SMILES string of the molecule is CCN(CC(=O)O)C1CC(NC(=O)C(Cc2ccccc2)n2nnnc2C)C1. The first-order chi connectivity index (χ1) is 13.5. The molecule has 0 radical (unpaired) electrons. The Labute approximate surface area is 163 Å². The number of carbonyl (C=O) groups is 2. The number of carboxylic acids is 1. The molecule has 1 fully saturated rings. The van der Waals surface area contributed by atoms with E-state index in [4.69, 9.17) is 5.11 Å². The Morgan fingerprint density at radius 2 is 2.04 bits per heavy atom. The summed E-state index contributed by atoms with van der Waals surface area (Å²) in [4.78, 5) is 25.9. The normalized spacial score (nSPS) is 19.8. The van der Waals surface area contributed by atoms with Gasteiger partial charge in [0.2, 0.25) is 5.91 Å². The second-order valence-corrected chi connectivity index (χ2v) is 7.16. The highest BCUT2D eigenvalue weighted by Crippen LogP contribution is 2.26. The lowest BCUT2D eigenvalue weighted by Gasteiger charge is -2.42. The van der Waals surface area contributed by atoms with Gasteiger partial charge < -0.3 is 10.4 Å². The summed E-state index contributed by atoms with van der Waals surface area (Å²) in [5.74, 6) is -0.364. The first kappa shape index (κ1) is 19.9. The van der Waals surface area contributed by atoms with Crippen LogP contribution < -0.4 is 5.32 Å². The Morgan fingerprint density at radius 3 is 2.61 bits per heavy atom. The van der Waals surface area contributed by atoms with Crippen LogP contribution in [0.4, 0.5) is 0 Å². The third-order valence-corrected chi connectivity index (χ3v) is 5.25. The largest absolute Gasteiger partial charge is 0.480 e. The van der Waals surface area contributed by atoms with Crippen molar-refractivity contribution < 1.29 is 14.7 Å². The minimum absolute atomic E-state index is 0.0300. The van der Waals surface area contributed by atoms with E-state index in [1.165, 1.54) is 0 Å². The first-order valence-electron chi connectivity index (χ1n) is 9.52. The van der Waals surface area contributed by atoms with Crippen LogP contribution in [-0.4, -0.2) is 67.3 Å². The molecule has 9 heteroatoms. The van der Waals surface area contributed by atoms with Crippen molar-refractivity contribution in [3.05, 3.63) is 41.7 Å². The predicted octanol–water partition coefficient (Wildman–Crippen LogP) is 0.819. The summed E-state index contributed by atoms with van der Waals surface area (Å²) in [7, 11) is 0. The standard InChI is InChI=1S/C19H26N6O3/c1-3-24(12-18(26)27)16-10-15(11-16)20-19(28)17(25-13(2)21-22-23-25)9-14-7-5-4-6-8-14/h4-8,15-17H,3,9-12H2,1-2H3,(H,20,28)(H,26,27). The van der Waals surface area contributed by atoms with Crippen molar-refractivity contribution in [2.24, 2.45) is 0 Å². The Kier molecular flexibility index (Phi) is 6.35. The fourth-order valence-electron chi connectivity index (χ4n) is 3.63. The molecule has 0 bridgehead atoms. The number of hydrogen-bond acceptors (Lipinski definition) is 6. The van der Waals surface area contributed by atoms with E-state index in [1.807, 2.05) is 42.2 Å². The van der Waals surface area contributed by atoms with E-state index < -0.39 is 12.0 Å². The zero-order chi connectivity index (χ0) is 20.1. The van der Waals surface area contributed by atoms with Crippen molar-refractivity contribution >= 4 is 11.9 Å². The lowest BCUT2D eigenvalue weighted by Crippen LogP contribution is -2.55. The third kappa shape index (κ3) is 4.72. The number of aliphatic carboxylic acids is 1. The van der Waals surface area contributed by atoms with E-state index in [1.54, 1.807) is 11.6 Å². The Hall–Kier alpha value is -2.81. The molecule has 0 aliphatic heterocycles. The summed E-state index contributed by atoms with van der Waals surface area (Å²) in [6.07, 6.45) is 1.99. The van der Waals surface area contributed by atoms with Crippen molar-refractivity contribution in [2.75, 3.05) is 13.1 Å². The summed E-state index contributed by atoms with van der Waals surface area (Å²) in [6.45, 7) is 4.43. The van der Waals surface area contributed by atoms with Gasteiger partial charge >= 0.3 is 5.97 Å². The van der Waals surface area contributed by atoms with Gasteiger partial charge in [0.05, 0.1) is 6.54 Å². The fraction of sp³-hybridized carbons (Fsp3) is 0.526. The molecule has 2 aromatic rings. The smallest absolute Gasteiger partial charge is 0.317 e. The van der Waals surface area contributed by atoms with Gasteiger partial charge in [-0.15, -0.1) is 5.10 Å². The Morgan fingerprint density at radius 1 is 1.32 bits per heavy atom. The number of nitrogens with zero attached hydrogens (tertiary/aromatic N) is 5. The molecule has 2 N–H and O–H groups in total. The first-order valence-corrected chi connectivity index (χ1v) is 9.52. The van der Waals surface area contributed by atoms with E-state index >= 15 is 0 Å². The van der Waals surface area contributed by atoms with Gasteiger partial charge in [-0.25, -0.2) is 4.68 Å². The van der Waals surface area contributed by atoms with E-state index in [-0.39, 0.29) is 24.5 Å². The molecule has 9 nitrogen and oxygen atoms in total. The van der Waals surface area contributed by atoms with E-state index in [0.29, 0.717) is 18.8 Å². The molecule has 1 aromatic heterocycles. The van der Waals surface area contributed by atoms with E-state index in [2.05, 4.69) is 20.8 Å². The number of carboxylic acid groups (broad SMARTS) is 1. The molecule has 1 aliphatic rings. The lowest BCUT2D eigenvalue weighted by molar-refractivity contribution is -0.140. The van der Waals surface area contributed by atoms with Crippen LogP contribution >= 0.6 is 0 Å². The lowest BCUT2D eigenvalue weighted by atomic mass is 9.85. The summed E-state index contributed by atoms with van der Waals surface area (Å²) in [5, 5.41) is 23.7. The number of aromatic nitrogens is 4. The average Bonchev–Trinajstić information content (AvgIpc) is 3.07. The topological polar surface area (TPSA) is 113 Å². The molecule has 1 heterocycles. The maximum atomic E-state index is 13.0. The molecular weight excluding hydrogens is 360 g/mol. The molecule has 1 amide bonds. The monoisotopic (exact) mass is 386 g/mol. The molecule has 1 aromatic carbocycles. The molecule has 150 valence electrons. The van der Waals surface area contributed by atoms with Crippen LogP contribution in [0.5, 0.6) is 0 Å². The number of benzene rings is 1. The minimum atomic E-state index is -0.827. The van der Waals surface area contributed by atoms with E-state index in [9.17, 15) is 9.59 Å². The number of likely N-dealkylation sites (N-methyl/N-ethyl adjacent to an activating group) is 1. The zero-order valence-corrected chi connectivity index (χ0v) is 16.2. The van der Waals surface area contributed by atoms with Crippen molar-refractivity contribution in [1.29, 1.82) is 0 Å². The maximum Gasteiger partial charge on any atom is 0.317 e. The van der Waals surface area contributed by atoms with Gasteiger partial charge in [-0.05, 0) is 42.3 Å². The van der Waals surface area contributed by atoms with Crippen molar-refractivity contribution in [2.45, 2.75) is 51.2 Å². The fourth-order valence-corrected chi connectivity index (χ4v) is 3.63. The van der Waals surface area contributed by atoms with E-state index in [0.717, 1.165) is 18.4 Å². The van der Waals surface area contributed by atoms with Gasteiger partial charge in [0, 0.05) is 18.5 Å². The van der Waals surface area contributed by atoms with Gasteiger partial charge in [-0.2, -0.15) is 0 Å². The molecule has 1 unspecified atom stereocenters. The number of nitrogens with one attached hydrogen (secondary N) is 1. The van der Waals surface area contributed by atoms with Crippen molar-refractivity contribution in [3.63, 3.8) is 0 Å². The Bertz CT molecular complexity index is 803. The van der Waals surface area contributed by atoms with Gasteiger partial charge in [-0.1, -0.05) is 37.3 Å². The van der Waals surface area contributed by atoms with Gasteiger partial charge in [0.25, 0.3) is 0 Å². The summed E-state index contributed by atoms with van der Waals surface area (Å²) in [5.41, 5.74) is 1.03. The Balaban J connectivity index is 1.63. The number of hydrogen-bond donors (Lipinski definition) is 2. The predicted molar refractivity (Wildman–Crippen MR) is 102 cm³/mol. The number of rotatable bonds is 9. The summed E-state index contributed by atoms with van der Waals surface area (Å²) >= 11 is 0. The van der Waals surface area contributed by atoms with Gasteiger partial charge in [0.15, 0.2) is 0 Å². The maximum absolute atomic E-state index is 13.0. The van der Waals surface area contributed by atoms with Crippen LogP contribution in [0.3, 0.4) is 0 Å².